The van der Waals surface area contributed by atoms with E-state index in [2.05, 4.69) is 5.32 Å². The first-order chi connectivity index (χ1) is 8.41. The zero-order chi connectivity index (χ0) is 13.7. The van der Waals surface area contributed by atoms with Crippen molar-refractivity contribution in [3.8, 4) is 0 Å². The van der Waals surface area contributed by atoms with Gasteiger partial charge in [0.05, 0.1) is 0 Å². The highest BCUT2D eigenvalue weighted by molar-refractivity contribution is 6.30. The van der Waals surface area contributed by atoms with Crippen LogP contribution < -0.4 is 10.2 Å². The van der Waals surface area contributed by atoms with Crippen LogP contribution in [0, 0.1) is 6.92 Å². The molecule has 0 aliphatic rings. The molecular formula is C13H17ClN2O2. The van der Waals surface area contributed by atoms with E-state index in [-0.39, 0.29) is 11.8 Å². The van der Waals surface area contributed by atoms with Crippen LogP contribution in [0.25, 0.3) is 0 Å². The molecule has 4 nitrogen and oxygen atoms in total. The van der Waals surface area contributed by atoms with Gasteiger partial charge in [0.1, 0.15) is 0 Å². The summed E-state index contributed by atoms with van der Waals surface area (Å²) in [6.07, 6.45) is 0. The minimum Gasteiger partial charge on any atom is -0.355 e. The number of hydrogen-bond donors (Lipinski definition) is 1. The molecule has 98 valence electrons. The van der Waals surface area contributed by atoms with Gasteiger partial charge in [-0.3, -0.25) is 9.59 Å². The van der Waals surface area contributed by atoms with Crippen molar-refractivity contribution < 1.29 is 9.59 Å². The Morgan fingerprint density at radius 3 is 2.50 bits per heavy atom. The van der Waals surface area contributed by atoms with Gasteiger partial charge in [-0.1, -0.05) is 11.6 Å². The topological polar surface area (TPSA) is 49.4 Å². The van der Waals surface area contributed by atoms with Gasteiger partial charge in [0.25, 0.3) is 0 Å². The number of nitrogens with zero attached hydrogens (tertiary/aromatic N) is 1. The summed E-state index contributed by atoms with van der Waals surface area (Å²) in [6, 6.07) is 5.37. The summed E-state index contributed by atoms with van der Waals surface area (Å²) in [7, 11) is 0. The predicted molar refractivity (Wildman–Crippen MR) is 72.9 cm³/mol. The van der Waals surface area contributed by atoms with E-state index >= 15 is 0 Å². The quantitative estimate of drug-likeness (QED) is 0.910. The summed E-state index contributed by atoms with van der Waals surface area (Å²) >= 11 is 5.89. The number of hydrogen-bond acceptors (Lipinski definition) is 2. The number of anilines is 1. The fourth-order valence-electron chi connectivity index (χ4n) is 1.71. The van der Waals surface area contributed by atoms with E-state index in [0.717, 1.165) is 11.3 Å². The number of carbonyl (C=O) groups excluding carboxylic acids is 2. The van der Waals surface area contributed by atoms with Gasteiger partial charge in [-0.25, -0.2) is 0 Å². The van der Waals surface area contributed by atoms with E-state index in [1.165, 1.54) is 13.8 Å². The molecule has 0 fully saturated rings. The molecule has 0 unspecified atom stereocenters. The van der Waals surface area contributed by atoms with E-state index in [1.807, 2.05) is 19.1 Å². The van der Waals surface area contributed by atoms with Gasteiger partial charge in [0.2, 0.25) is 11.8 Å². The lowest BCUT2D eigenvalue weighted by molar-refractivity contribution is -0.119. The molecule has 18 heavy (non-hydrogen) atoms. The predicted octanol–water partition coefficient (Wildman–Crippen LogP) is 2.14. The Morgan fingerprint density at radius 2 is 2.00 bits per heavy atom. The average Bonchev–Trinajstić information content (AvgIpc) is 2.25. The average molecular weight is 269 g/mol. The van der Waals surface area contributed by atoms with Crippen LogP contribution in [0.15, 0.2) is 18.2 Å². The van der Waals surface area contributed by atoms with Gasteiger partial charge >= 0.3 is 0 Å². The first-order valence-corrected chi connectivity index (χ1v) is 6.08. The van der Waals surface area contributed by atoms with E-state index in [1.54, 1.807) is 11.0 Å². The molecule has 0 spiro atoms. The Bertz CT molecular complexity index is 460. The zero-order valence-corrected chi connectivity index (χ0v) is 11.5. The zero-order valence-electron chi connectivity index (χ0n) is 10.8. The Hall–Kier alpha value is -1.55. The summed E-state index contributed by atoms with van der Waals surface area (Å²) in [5.74, 6) is -0.169. The van der Waals surface area contributed by atoms with Crippen LogP contribution >= 0.6 is 11.6 Å². The monoisotopic (exact) mass is 268 g/mol. The SMILES string of the molecule is CC(=O)NCCN(C(C)=O)c1ccc(Cl)cc1C. The lowest BCUT2D eigenvalue weighted by Gasteiger charge is -2.23. The summed E-state index contributed by atoms with van der Waals surface area (Å²) in [4.78, 5) is 24.1. The lowest BCUT2D eigenvalue weighted by Crippen LogP contribution is -2.37. The minimum absolute atomic E-state index is 0.0641. The van der Waals surface area contributed by atoms with Crippen LogP contribution in [0.3, 0.4) is 0 Å². The highest BCUT2D eigenvalue weighted by Gasteiger charge is 2.13. The molecule has 2 amide bonds. The second-order valence-corrected chi connectivity index (χ2v) is 4.52. The van der Waals surface area contributed by atoms with Gasteiger partial charge in [-0.2, -0.15) is 0 Å². The van der Waals surface area contributed by atoms with E-state index < -0.39 is 0 Å². The number of benzene rings is 1. The standard InChI is InChI=1S/C13H17ClN2O2/c1-9-8-12(14)4-5-13(9)16(11(3)18)7-6-15-10(2)17/h4-5,8H,6-7H2,1-3H3,(H,15,17). The van der Waals surface area contributed by atoms with Gasteiger partial charge in [-0.15, -0.1) is 0 Å². The lowest BCUT2D eigenvalue weighted by atomic mass is 10.2. The van der Waals surface area contributed by atoms with Gasteiger partial charge in [-0.05, 0) is 30.7 Å². The third-order valence-corrected chi connectivity index (χ3v) is 2.77. The molecule has 1 aromatic carbocycles. The Kier molecular flexibility index (Phi) is 5.16. The highest BCUT2D eigenvalue weighted by Crippen LogP contribution is 2.23. The molecule has 5 heteroatoms. The van der Waals surface area contributed by atoms with Gasteiger partial charge < -0.3 is 10.2 Å². The van der Waals surface area contributed by atoms with Crippen LogP contribution in [0.2, 0.25) is 5.02 Å². The van der Waals surface area contributed by atoms with Crippen molar-refractivity contribution >= 4 is 29.1 Å². The molecular weight excluding hydrogens is 252 g/mol. The van der Waals surface area contributed by atoms with E-state index in [4.69, 9.17) is 11.6 Å². The summed E-state index contributed by atoms with van der Waals surface area (Å²) in [5, 5.41) is 3.31. The highest BCUT2D eigenvalue weighted by atomic mass is 35.5. The maximum absolute atomic E-state index is 11.6. The van der Waals surface area contributed by atoms with E-state index in [9.17, 15) is 9.59 Å². The van der Waals surface area contributed by atoms with Crippen LogP contribution in [-0.4, -0.2) is 24.9 Å². The number of halogens is 1. The first kappa shape index (κ1) is 14.5. The van der Waals surface area contributed by atoms with Crippen LogP contribution in [0.1, 0.15) is 19.4 Å². The maximum Gasteiger partial charge on any atom is 0.223 e. The number of amides is 2. The summed E-state index contributed by atoms with van der Waals surface area (Å²) in [6.45, 7) is 5.72. The van der Waals surface area contributed by atoms with Crippen molar-refractivity contribution in [2.75, 3.05) is 18.0 Å². The third-order valence-electron chi connectivity index (χ3n) is 2.54. The number of nitrogens with one attached hydrogen (secondary N) is 1. The Balaban J connectivity index is 2.84. The molecule has 1 aromatic rings. The summed E-state index contributed by atoms with van der Waals surface area (Å²) in [5.41, 5.74) is 1.75. The molecule has 0 bridgehead atoms. The van der Waals surface area contributed by atoms with Crippen molar-refractivity contribution in [2.24, 2.45) is 0 Å². The fraction of sp³-hybridized carbons (Fsp3) is 0.385. The van der Waals surface area contributed by atoms with Crippen molar-refractivity contribution in [1.82, 2.24) is 5.32 Å². The van der Waals surface area contributed by atoms with Gasteiger partial charge in [0, 0.05) is 37.6 Å². The first-order valence-electron chi connectivity index (χ1n) is 5.70. The Morgan fingerprint density at radius 1 is 1.33 bits per heavy atom. The molecule has 0 atom stereocenters. The van der Waals surface area contributed by atoms with Crippen LogP contribution in [0.5, 0.6) is 0 Å². The third kappa shape index (κ3) is 4.04. The minimum atomic E-state index is -0.105. The molecule has 0 aliphatic carbocycles. The molecule has 0 saturated heterocycles. The molecule has 0 saturated carbocycles. The van der Waals surface area contributed by atoms with Crippen molar-refractivity contribution in [3.05, 3.63) is 28.8 Å². The van der Waals surface area contributed by atoms with Crippen LogP contribution in [0.4, 0.5) is 5.69 Å². The number of aryl methyl sites for hydroxylation is 1. The molecule has 0 heterocycles. The van der Waals surface area contributed by atoms with Crippen LogP contribution in [-0.2, 0) is 9.59 Å². The summed E-state index contributed by atoms with van der Waals surface area (Å²) < 4.78 is 0. The normalized spacial score (nSPS) is 10.0. The molecule has 1 N–H and O–H groups in total. The number of carbonyl (C=O) groups is 2. The van der Waals surface area contributed by atoms with E-state index in [0.29, 0.717) is 18.1 Å². The largest absolute Gasteiger partial charge is 0.355 e. The van der Waals surface area contributed by atoms with Crippen molar-refractivity contribution in [2.45, 2.75) is 20.8 Å². The molecule has 0 aliphatic heterocycles. The molecule has 0 radical (unpaired) electrons. The number of rotatable bonds is 4. The molecule has 1 rings (SSSR count). The fourth-order valence-corrected chi connectivity index (χ4v) is 1.94. The second kappa shape index (κ2) is 6.40. The Labute approximate surface area is 112 Å². The van der Waals surface area contributed by atoms with Crippen molar-refractivity contribution in [1.29, 1.82) is 0 Å². The van der Waals surface area contributed by atoms with Gasteiger partial charge in [0.15, 0.2) is 0 Å². The van der Waals surface area contributed by atoms with Crippen molar-refractivity contribution in [3.63, 3.8) is 0 Å². The molecule has 0 aromatic heterocycles. The maximum atomic E-state index is 11.6. The second-order valence-electron chi connectivity index (χ2n) is 4.08. The smallest absolute Gasteiger partial charge is 0.223 e.